The van der Waals surface area contributed by atoms with Gasteiger partial charge >= 0.3 is 118 Å². The number of unbranched alkanes of at least 4 members (excludes halogenated alkanes) is 2. The molecule has 20 heavy (non-hydrogen) atoms. The van der Waals surface area contributed by atoms with Gasteiger partial charge in [-0.05, 0) is 12.8 Å². The van der Waals surface area contributed by atoms with E-state index in [1.54, 1.807) is 0 Å². The average molecular weight is 362 g/mol. The molecule has 0 aromatic rings. The van der Waals surface area contributed by atoms with Gasteiger partial charge in [0.15, 0.2) is 0 Å². The minimum atomic E-state index is -5.46. The molecule has 0 aromatic heterocycles. The molecule has 0 fully saturated rings. The Balaban J connectivity index is -0.000000187. The van der Waals surface area contributed by atoms with Gasteiger partial charge in [-0.15, -0.1) is 0 Å². The van der Waals surface area contributed by atoms with Crippen molar-refractivity contribution in [3.05, 3.63) is 0 Å². The second-order valence-corrected chi connectivity index (χ2v) is 7.84. The summed E-state index contributed by atoms with van der Waals surface area (Å²) in [6.45, 7) is 3.08. The first-order valence-corrected chi connectivity index (χ1v) is 8.25. The van der Waals surface area contributed by atoms with Gasteiger partial charge in [-0.1, -0.05) is 48.3 Å². The first-order valence-electron chi connectivity index (χ1n) is 5.16. The normalized spacial score (nSPS) is 11.3. The van der Waals surface area contributed by atoms with Crippen LogP contribution in [-0.4, -0.2) is 4.90 Å². The van der Waals surface area contributed by atoms with E-state index in [1.165, 1.54) is 6.92 Å². The molecule has 0 aliphatic heterocycles. The van der Waals surface area contributed by atoms with Crippen molar-refractivity contribution in [2.45, 2.75) is 50.8 Å². The number of rotatable bonds is 7. The Hall–Kier alpha value is 4.30. The van der Waals surface area contributed by atoms with Crippen molar-refractivity contribution in [3.63, 3.8) is 0 Å². The largest absolute Gasteiger partial charge is 1.00 e. The van der Waals surface area contributed by atoms with E-state index in [1.807, 2.05) is 6.92 Å². The molecule has 0 saturated carbocycles. The summed E-state index contributed by atoms with van der Waals surface area (Å²) in [6.07, 6.45) is 0.690. The molecule has 0 N–H and O–H groups in total. The third kappa shape index (κ3) is 10.3. The van der Waals surface area contributed by atoms with Crippen LogP contribution in [0.3, 0.4) is 0 Å². The van der Waals surface area contributed by atoms with Crippen LogP contribution in [0.5, 0.6) is 0 Å². The van der Waals surface area contributed by atoms with Crippen molar-refractivity contribution in [1.29, 1.82) is 0 Å². The number of hydrogen-bond acceptors (Lipinski definition) is 6. The van der Waals surface area contributed by atoms with Gasteiger partial charge < -0.3 is 28.7 Å². The van der Waals surface area contributed by atoms with Crippen molar-refractivity contribution in [1.82, 2.24) is 0 Å². The van der Waals surface area contributed by atoms with Gasteiger partial charge in [0.25, 0.3) is 0 Å². The smallest absolute Gasteiger partial charge is 0.810 e. The molecule has 0 bridgehead atoms. The third-order valence-electron chi connectivity index (χ3n) is 2.77. The summed E-state index contributed by atoms with van der Waals surface area (Å²) in [5.41, 5.74) is 0. The average Bonchev–Trinajstić information content (AvgIpc) is 2.08. The Kier molecular flexibility index (Phi) is 27.5. The van der Waals surface area contributed by atoms with Gasteiger partial charge in [-0.2, -0.15) is 0 Å². The van der Waals surface area contributed by atoms with Crippen LogP contribution in [0.25, 0.3) is 0 Å². The van der Waals surface area contributed by atoms with Crippen molar-refractivity contribution in [3.8, 4) is 0 Å². The molecule has 0 amide bonds. The zero-order chi connectivity index (χ0) is 13.0. The quantitative estimate of drug-likeness (QED) is 0.252. The second-order valence-electron chi connectivity index (χ2n) is 3.79. The van der Waals surface area contributed by atoms with Crippen LogP contribution in [0.4, 0.5) is 0 Å². The maximum atomic E-state index is 11.0. The Bertz CT molecular complexity index is 296. The SMILES string of the molecule is CCCCCC(CC)(P(=O)([O-])[O-])P(=O)([O-])[O-].[Na+].[Na+].[Na+].[Na+]. The van der Waals surface area contributed by atoms with Crippen molar-refractivity contribution in [2.75, 3.05) is 0 Å². The van der Waals surface area contributed by atoms with E-state index in [0.29, 0.717) is 6.42 Å². The van der Waals surface area contributed by atoms with E-state index in [4.69, 9.17) is 0 Å². The van der Waals surface area contributed by atoms with Crippen LogP contribution in [-0.2, 0) is 9.13 Å². The summed E-state index contributed by atoms with van der Waals surface area (Å²) < 4.78 is 22.1. The molecule has 0 spiro atoms. The summed E-state index contributed by atoms with van der Waals surface area (Å²) in [5.74, 6) is 0. The summed E-state index contributed by atoms with van der Waals surface area (Å²) in [4.78, 5) is 41.5. The maximum Gasteiger partial charge on any atom is 1.00 e. The van der Waals surface area contributed by atoms with Crippen LogP contribution < -0.4 is 138 Å². The van der Waals surface area contributed by atoms with E-state index >= 15 is 0 Å². The molecule has 0 aromatic carbocycles. The summed E-state index contributed by atoms with van der Waals surface area (Å²) >= 11 is 0. The van der Waals surface area contributed by atoms with Crippen LogP contribution in [0, 0.1) is 0 Å². The fourth-order valence-corrected chi connectivity index (χ4v) is 4.48. The molecule has 0 aliphatic carbocycles. The molecule has 12 heteroatoms. The van der Waals surface area contributed by atoms with Crippen LogP contribution in [0.2, 0.25) is 0 Å². The van der Waals surface area contributed by atoms with E-state index in [0.717, 1.165) is 6.42 Å². The maximum absolute atomic E-state index is 11.0. The summed E-state index contributed by atoms with van der Waals surface area (Å²) in [7, 11) is -10.9. The summed E-state index contributed by atoms with van der Waals surface area (Å²) in [5, 5.41) is 0. The standard InChI is InChI=1S/C8H20O6P2.4Na/c1-3-5-6-7-8(4-2,15(9,10)11)16(12,13)14;;;;/h3-7H2,1-2H3,(H2,9,10,11)(H2,12,13,14);;;;/q;4*+1/p-4. The van der Waals surface area contributed by atoms with Gasteiger partial charge in [0.05, 0.1) is 0 Å². The zero-order valence-corrected chi connectivity index (χ0v) is 23.2. The molecule has 0 atom stereocenters. The molecule has 98 valence electrons. The molecule has 0 heterocycles. The minimum absolute atomic E-state index is 0. The molecule has 0 rings (SSSR count). The van der Waals surface area contributed by atoms with Crippen molar-refractivity contribution in [2.24, 2.45) is 0 Å². The number of hydrogen-bond donors (Lipinski definition) is 0. The second kappa shape index (κ2) is 15.5. The fraction of sp³-hybridized carbons (Fsp3) is 1.00. The predicted molar refractivity (Wildman–Crippen MR) is 52.4 cm³/mol. The minimum Gasteiger partial charge on any atom is -0.810 e. The molecule has 0 aliphatic rings. The Morgan fingerprint density at radius 2 is 1.15 bits per heavy atom. The van der Waals surface area contributed by atoms with Gasteiger partial charge in [-0.25, -0.2) is 0 Å². The van der Waals surface area contributed by atoms with E-state index < -0.39 is 32.9 Å². The van der Waals surface area contributed by atoms with Crippen LogP contribution in [0.15, 0.2) is 0 Å². The van der Waals surface area contributed by atoms with Gasteiger partial charge in [0.2, 0.25) is 0 Å². The first kappa shape index (κ1) is 35.4. The van der Waals surface area contributed by atoms with Crippen LogP contribution >= 0.6 is 15.2 Å². The van der Waals surface area contributed by atoms with Gasteiger partial charge in [0, 0.05) is 4.90 Å². The molecular weight excluding hydrogens is 346 g/mol. The predicted octanol–water partition coefficient (Wildman–Crippen LogP) is -12.5. The Morgan fingerprint density at radius 1 is 0.800 bits per heavy atom. The monoisotopic (exact) mass is 362 g/mol. The topological polar surface area (TPSA) is 126 Å². The molecular formula is C8H16Na4O6P2. The Morgan fingerprint density at radius 3 is 1.35 bits per heavy atom. The summed E-state index contributed by atoms with van der Waals surface area (Å²) in [6, 6.07) is 0. The zero-order valence-electron chi connectivity index (χ0n) is 13.4. The van der Waals surface area contributed by atoms with E-state index in [-0.39, 0.29) is 125 Å². The Labute approximate surface area is 209 Å². The van der Waals surface area contributed by atoms with Crippen LogP contribution in [0.1, 0.15) is 46.0 Å². The van der Waals surface area contributed by atoms with Crippen molar-refractivity contribution < 1.29 is 147 Å². The van der Waals surface area contributed by atoms with E-state index in [2.05, 4.69) is 0 Å². The first-order chi connectivity index (χ1) is 7.12. The molecule has 0 saturated heterocycles. The third-order valence-corrected chi connectivity index (χ3v) is 7.35. The molecule has 0 unspecified atom stereocenters. The molecule has 6 nitrogen and oxygen atoms in total. The van der Waals surface area contributed by atoms with Crippen molar-refractivity contribution >= 4 is 15.2 Å². The molecule has 0 radical (unpaired) electrons. The van der Waals surface area contributed by atoms with Gasteiger partial charge in [-0.3, -0.25) is 0 Å². The van der Waals surface area contributed by atoms with Gasteiger partial charge in [0.1, 0.15) is 0 Å². The fourth-order valence-electron chi connectivity index (χ4n) is 1.65. The van der Waals surface area contributed by atoms with E-state index in [9.17, 15) is 28.7 Å².